The van der Waals surface area contributed by atoms with Crippen molar-refractivity contribution in [2.45, 2.75) is 45.0 Å². The van der Waals surface area contributed by atoms with E-state index in [1.807, 2.05) is 39.8 Å². The number of thiophene rings is 1. The second-order valence-electron chi connectivity index (χ2n) is 5.90. The van der Waals surface area contributed by atoms with Crippen molar-refractivity contribution in [3.63, 3.8) is 0 Å². The summed E-state index contributed by atoms with van der Waals surface area (Å²) in [5, 5.41) is 0.730. The van der Waals surface area contributed by atoms with Gasteiger partial charge in [0.25, 0.3) is 0 Å². The second kappa shape index (κ2) is 7.33. The Kier molecular flexibility index (Phi) is 6.35. The molecule has 1 heterocycles. The smallest absolute Gasteiger partial charge is 0.418 e. The van der Waals surface area contributed by atoms with Crippen molar-refractivity contribution in [3.05, 3.63) is 34.7 Å². The molecular formula is C15H18BF7S. The number of alkyl halides is 3. The Morgan fingerprint density at radius 2 is 1.38 bits per heavy atom. The standard InChI is InChI=1S/C15H18F3S.BF4/c1-9(2)11-5-6-12-8-13(10(3)4)19(14(12)7-11)15(16,17)18;2-1(3,4)5/h5-10H,1-4H3;/q+1;-1. The normalized spacial score (nSPS) is 13.5. The van der Waals surface area contributed by atoms with Gasteiger partial charge in [0, 0.05) is 23.4 Å². The first-order chi connectivity index (χ1) is 10.7. The zero-order chi connectivity index (χ0) is 18.9. The summed E-state index contributed by atoms with van der Waals surface area (Å²) < 4.78 is 79.5. The van der Waals surface area contributed by atoms with Gasteiger partial charge >= 0.3 is 12.8 Å². The quantitative estimate of drug-likeness (QED) is 0.288. The first-order valence-corrected chi connectivity index (χ1v) is 8.48. The molecule has 0 saturated heterocycles. The molecule has 0 nitrogen and oxygen atoms in total. The van der Waals surface area contributed by atoms with Gasteiger partial charge in [-0.25, -0.2) is 0 Å². The lowest BCUT2D eigenvalue weighted by Gasteiger charge is -2.05. The van der Waals surface area contributed by atoms with Gasteiger partial charge in [-0.3, -0.25) is 0 Å². The number of fused-ring (bicyclic) bond motifs is 1. The fourth-order valence-electron chi connectivity index (χ4n) is 2.21. The first kappa shape index (κ1) is 20.8. The predicted octanol–water partition coefficient (Wildman–Crippen LogP) is 7.61. The number of rotatable bonds is 2. The van der Waals surface area contributed by atoms with Crippen LogP contribution in [0.3, 0.4) is 0 Å². The molecule has 0 aliphatic carbocycles. The predicted molar refractivity (Wildman–Crippen MR) is 86.1 cm³/mol. The molecule has 1 aromatic heterocycles. The van der Waals surface area contributed by atoms with E-state index in [2.05, 4.69) is 0 Å². The van der Waals surface area contributed by atoms with Crippen LogP contribution in [0.4, 0.5) is 30.4 Å². The molecule has 136 valence electrons. The molecular weight excluding hydrogens is 356 g/mol. The molecule has 1 unspecified atom stereocenters. The molecule has 24 heavy (non-hydrogen) atoms. The Hall–Kier alpha value is -1.25. The van der Waals surface area contributed by atoms with E-state index in [9.17, 15) is 30.4 Å². The minimum absolute atomic E-state index is 0.0835. The monoisotopic (exact) mass is 374 g/mol. The molecule has 2 rings (SSSR count). The van der Waals surface area contributed by atoms with E-state index in [0.717, 1.165) is 10.9 Å². The van der Waals surface area contributed by atoms with E-state index in [1.54, 1.807) is 12.1 Å². The molecule has 1 aromatic carbocycles. The van der Waals surface area contributed by atoms with Gasteiger partial charge in [0.2, 0.25) is 0 Å². The van der Waals surface area contributed by atoms with Crippen LogP contribution >= 0.6 is 10.5 Å². The Balaban J connectivity index is 0.000000505. The van der Waals surface area contributed by atoms with Gasteiger partial charge in [0.1, 0.15) is 0 Å². The summed E-state index contributed by atoms with van der Waals surface area (Å²) in [6, 6.07) is 7.22. The fraction of sp³-hybridized carbons (Fsp3) is 0.467. The summed E-state index contributed by atoms with van der Waals surface area (Å²) in [7, 11) is -7.75. The number of benzene rings is 1. The lowest BCUT2D eigenvalue weighted by atomic mass is 10.0. The highest BCUT2D eigenvalue weighted by atomic mass is 32.2. The van der Waals surface area contributed by atoms with Gasteiger partial charge < -0.3 is 17.3 Å². The summed E-state index contributed by atoms with van der Waals surface area (Å²) >= 11 is 0. The highest BCUT2D eigenvalue weighted by molar-refractivity contribution is 7.38. The van der Waals surface area contributed by atoms with Crippen LogP contribution in [0.2, 0.25) is 0 Å². The third-order valence-corrected chi connectivity index (χ3v) is 5.58. The van der Waals surface area contributed by atoms with Crippen molar-refractivity contribution in [2.24, 2.45) is 0 Å². The van der Waals surface area contributed by atoms with Crippen molar-refractivity contribution in [1.82, 2.24) is 0 Å². The molecule has 1 atom stereocenters. The minimum atomic E-state index is -6.00. The average molecular weight is 374 g/mol. The molecule has 0 aliphatic rings. The van der Waals surface area contributed by atoms with Crippen molar-refractivity contribution in [3.8, 4) is 0 Å². The maximum atomic E-state index is 13.4. The summed E-state index contributed by atoms with van der Waals surface area (Å²) in [6.07, 6.45) is 0. The molecule has 0 fully saturated rings. The molecule has 0 bridgehead atoms. The first-order valence-electron chi connectivity index (χ1n) is 7.25. The van der Waals surface area contributed by atoms with Crippen molar-refractivity contribution < 1.29 is 30.4 Å². The highest BCUT2D eigenvalue weighted by Crippen LogP contribution is 2.53. The highest BCUT2D eigenvalue weighted by Gasteiger charge is 2.48. The van der Waals surface area contributed by atoms with Crippen LogP contribution in [0.1, 0.15) is 50.0 Å². The Labute approximate surface area is 138 Å². The van der Waals surface area contributed by atoms with Crippen LogP contribution in [0, 0.1) is 0 Å². The molecule has 0 radical (unpaired) electrons. The van der Waals surface area contributed by atoms with Gasteiger partial charge in [-0.2, -0.15) is 0 Å². The molecule has 0 saturated carbocycles. The number of halogens is 7. The molecule has 0 aliphatic heterocycles. The maximum Gasteiger partial charge on any atom is 0.673 e. The van der Waals surface area contributed by atoms with E-state index in [1.165, 1.54) is 0 Å². The summed E-state index contributed by atoms with van der Waals surface area (Å²) in [5.74, 6) is 0.159. The Morgan fingerprint density at radius 1 is 0.875 bits per heavy atom. The number of hydrogen-bond acceptors (Lipinski definition) is 0. The summed E-state index contributed by atoms with van der Waals surface area (Å²) in [6.45, 7) is 7.65. The summed E-state index contributed by atoms with van der Waals surface area (Å²) in [4.78, 5) is 0.503. The lowest BCUT2D eigenvalue weighted by Crippen LogP contribution is -2.02. The number of hydrogen-bond donors (Lipinski definition) is 0. The average Bonchev–Trinajstić information content (AvgIpc) is 2.74. The van der Waals surface area contributed by atoms with Gasteiger partial charge in [-0.1, -0.05) is 33.8 Å². The van der Waals surface area contributed by atoms with Crippen LogP contribution in [0.25, 0.3) is 10.1 Å². The van der Waals surface area contributed by atoms with Crippen LogP contribution < -0.4 is 0 Å². The third-order valence-electron chi connectivity index (χ3n) is 3.26. The van der Waals surface area contributed by atoms with Gasteiger partial charge in [0.05, 0.1) is 10.5 Å². The van der Waals surface area contributed by atoms with Gasteiger partial charge in [0.15, 0.2) is 9.58 Å². The largest absolute Gasteiger partial charge is 0.673 e. The molecule has 0 N–H and O–H groups in total. The zero-order valence-corrected chi connectivity index (χ0v) is 14.4. The van der Waals surface area contributed by atoms with Gasteiger partial charge in [-0.15, -0.1) is 13.2 Å². The Bertz CT molecular complexity index is 677. The second-order valence-corrected chi connectivity index (χ2v) is 7.89. The molecule has 0 amide bonds. The van der Waals surface area contributed by atoms with Crippen molar-refractivity contribution in [1.29, 1.82) is 0 Å². The van der Waals surface area contributed by atoms with Crippen LogP contribution in [-0.2, 0) is 5.51 Å². The third kappa shape index (κ3) is 5.68. The van der Waals surface area contributed by atoms with Crippen molar-refractivity contribution in [2.75, 3.05) is 0 Å². The van der Waals surface area contributed by atoms with E-state index in [4.69, 9.17) is 0 Å². The van der Waals surface area contributed by atoms with E-state index in [-0.39, 0.29) is 11.8 Å². The molecule has 9 heteroatoms. The van der Waals surface area contributed by atoms with Crippen LogP contribution in [0.15, 0.2) is 24.3 Å². The Morgan fingerprint density at radius 3 is 1.75 bits per heavy atom. The van der Waals surface area contributed by atoms with Gasteiger partial charge in [-0.05, 0) is 17.5 Å². The van der Waals surface area contributed by atoms with Crippen LogP contribution in [-0.4, -0.2) is 7.25 Å². The topological polar surface area (TPSA) is 0 Å². The summed E-state index contributed by atoms with van der Waals surface area (Å²) in [5.41, 5.74) is -3.21. The lowest BCUT2D eigenvalue weighted by molar-refractivity contribution is -0.0868. The molecule has 0 spiro atoms. The van der Waals surface area contributed by atoms with E-state index in [0.29, 0.717) is 9.58 Å². The zero-order valence-electron chi connectivity index (χ0n) is 13.6. The van der Waals surface area contributed by atoms with Crippen LogP contribution in [0.5, 0.6) is 0 Å². The molecule has 2 aromatic rings. The maximum absolute atomic E-state index is 13.4. The van der Waals surface area contributed by atoms with E-state index >= 15 is 0 Å². The SMILES string of the molecule is CC(C)c1ccc2cc(C(C)C)[s+](C(F)(F)F)c2c1.F[B-](F)(F)F. The van der Waals surface area contributed by atoms with E-state index < -0.39 is 23.2 Å². The fourth-order valence-corrected chi connectivity index (χ4v) is 4.31. The van der Waals surface area contributed by atoms with Crippen molar-refractivity contribution >= 4 is 27.8 Å². The minimum Gasteiger partial charge on any atom is -0.418 e.